The van der Waals surface area contributed by atoms with Crippen molar-refractivity contribution in [1.29, 1.82) is 0 Å². The minimum atomic E-state index is 0.164. The molecule has 2 aliphatic rings. The zero-order valence-corrected chi connectivity index (χ0v) is 21.9. The van der Waals surface area contributed by atoms with Gasteiger partial charge in [0.1, 0.15) is 5.75 Å². The molecule has 3 N–H and O–H groups in total. The molecule has 9 nitrogen and oxygen atoms in total. The number of hydrogen-bond donors (Lipinski definition) is 2. The molecule has 5 rings (SSSR count). The predicted molar refractivity (Wildman–Crippen MR) is 150 cm³/mol. The fourth-order valence-electron chi connectivity index (χ4n) is 5.00. The molecule has 0 saturated carbocycles. The number of piperidine rings is 1. The number of ether oxygens (including phenoxy) is 2. The Morgan fingerprint density at radius 2 is 1.84 bits per heavy atom. The number of likely N-dealkylation sites (tertiary alicyclic amines) is 1. The summed E-state index contributed by atoms with van der Waals surface area (Å²) < 4.78 is 11.4. The highest BCUT2D eigenvalue weighted by atomic mass is 16.5. The van der Waals surface area contributed by atoms with Gasteiger partial charge in [0.15, 0.2) is 0 Å². The zero-order chi connectivity index (χ0) is 26.3. The first-order valence-electron chi connectivity index (χ1n) is 13.4. The Morgan fingerprint density at radius 1 is 1.08 bits per heavy atom. The van der Waals surface area contributed by atoms with E-state index in [0.29, 0.717) is 29.9 Å². The number of carbonyl (C=O) groups excluding carboxylic acids is 1. The third-order valence-electron chi connectivity index (χ3n) is 7.30. The van der Waals surface area contributed by atoms with Gasteiger partial charge >= 0.3 is 0 Å². The lowest BCUT2D eigenvalue weighted by molar-refractivity contribution is -0.130. The van der Waals surface area contributed by atoms with Crippen LogP contribution in [0.2, 0.25) is 0 Å². The van der Waals surface area contributed by atoms with Crippen LogP contribution in [0.3, 0.4) is 0 Å². The quantitative estimate of drug-likeness (QED) is 0.426. The van der Waals surface area contributed by atoms with E-state index in [4.69, 9.17) is 15.2 Å². The fraction of sp³-hybridized carbons (Fsp3) is 0.414. The molecule has 2 aliphatic heterocycles. The van der Waals surface area contributed by atoms with Gasteiger partial charge in [-0.15, -0.1) is 0 Å². The molecular weight excluding hydrogens is 480 g/mol. The molecule has 0 bridgehead atoms. The number of nitrogen functional groups attached to an aromatic ring is 1. The van der Waals surface area contributed by atoms with Gasteiger partial charge in [-0.2, -0.15) is 0 Å². The molecule has 2 aromatic carbocycles. The molecule has 200 valence electrons. The Bertz CT molecular complexity index is 1220. The van der Waals surface area contributed by atoms with Crippen LogP contribution < -0.4 is 20.7 Å². The first-order chi connectivity index (χ1) is 18.5. The molecule has 1 amide bonds. The minimum Gasteiger partial charge on any atom is -0.491 e. The summed E-state index contributed by atoms with van der Waals surface area (Å²) in [4.78, 5) is 24.8. The van der Waals surface area contributed by atoms with Gasteiger partial charge in [-0.1, -0.05) is 0 Å². The lowest BCUT2D eigenvalue weighted by Gasteiger charge is -2.31. The standard InChI is InChI=1S/C29H36N6O3/c1-21(36)34-13-9-22(10-14-34)11-17-38-28-7-2-23(20-26(28)30)27-8-12-31-29(33-27)32-24-3-5-25(6-4-24)35-15-18-37-19-16-35/h2-8,12,20,22H,9-11,13-19,30H2,1H3,(H,31,32,33). The summed E-state index contributed by atoms with van der Waals surface area (Å²) in [6.07, 6.45) is 4.75. The summed E-state index contributed by atoms with van der Waals surface area (Å²) in [5.74, 6) is 1.95. The van der Waals surface area contributed by atoms with Crippen molar-refractivity contribution < 1.29 is 14.3 Å². The third kappa shape index (κ3) is 6.52. The highest BCUT2D eigenvalue weighted by Gasteiger charge is 2.20. The second-order valence-electron chi connectivity index (χ2n) is 9.88. The fourth-order valence-corrected chi connectivity index (χ4v) is 5.00. The molecular formula is C29H36N6O3. The molecule has 0 aliphatic carbocycles. The van der Waals surface area contributed by atoms with Gasteiger partial charge in [-0.3, -0.25) is 4.79 Å². The lowest BCUT2D eigenvalue weighted by atomic mass is 9.94. The van der Waals surface area contributed by atoms with Gasteiger partial charge in [0, 0.05) is 56.2 Å². The average molecular weight is 517 g/mol. The summed E-state index contributed by atoms with van der Waals surface area (Å²) in [5, 5.41) is 3.30. The van der Waals surface area contributed by atoms with Crippen LogP contribution in [0.4, 0.5) is 23.0 Å². The zero-order valence-electron chi connectivity index (χ0n) is 21.9. The van der Waals surface area contributed by atoms with Crippen LogP contribution in [0.25, 0.3) is 11.3 Å². The van der Waals surface area contributed by atoms with Crippen molar-refractivity contribution in [2.75, 3.05) is 62.0 Å². The molecule has 0 atom stereocenters. The normalized spacial score (nSPS) is 16.3. The number of anilines is 4. The summed E-state index contributed by atoms with van der Waals surface area (Å²) in [6, 6.07) is 15.9. The van der Waals surface area contributed by atoms with Gasteiger partial charge in [-0.25, -0.2) is 9.97 Å². The Hall–Kier alpha value is -3.85. The van der Waals surface area contributed by atoms with E-state index < -0.39 is 0 Å². The SMILES string of the molecule is CC(=O)N1CCC(CCOc2ccc(-c3ccnc(Nc4ccc(N5CCOCC5)cc4)n3)cc2N)CC1. The van der Waals surface area contributed by atoms with Crippen LogP contribution in [0.1, 0.15) is 26.2 Å². The summed E-state index contributed by atoms with van der Waals surface area (Å²) in [6.45, 7) is 7.28. The van der Waals surface area contributed by atoms with Gasteiger partial charge in [0.05, 0.1) is 31.2 Å². The van der Waals surface area contributed by atoms with Crippen molar-refractivity contribution in [3.05, 3.63) is 54.7 Å². The van der Waals surface area contributed by atoms with Crippen molar-refractivity contribution in [2.45, 2.75) is 26.2 Å². The van der Waals surface area contributed by atoms with Crippen LogP contribution in [-0.4, -0.2) is 66.8 Å². The number of amides is 1. The number of aromatic nitrogens is 2. The van der Waals surface area contributed by atoms with Crippen molar-refractivity contribution in [1.82, 2.24) is 14.9 Å². The van der Waals surface area contributed by atoms with Crippen LogP contribution in [-0.2, 0) is 9.53 Å². The summed E-state index contributed by atoms with van der Waals surface area (Å²) in [7, 11) is 0. The number of morpholine rings is 1. The van der Waals surface area contributed by atoms with E-state index in [0.717, 1.165) is 75.6 Å². The van der Waals surface area contributed by atoms with Gasteiger partial charge in [0.25, 0.3) is 0 Å². The second kappa shape index (κ2) is 12.1. The van der Waals surface area contributed by atoms with E-state index in [2.05, 4.69) is 32.3 Å². The third-order valence-corrected chi connectivity index (χ3v) is 7.30. The first-order valence-corrected chi connectivity index (χ1v) is 13.4. The van der Waals surface area contributed by atoms with Crippen molar-refractivity contribution >= 4 is 28.9 Å². The van der Waals surface area contributed by atoms with Gasteiger partial charge < -0.3 is 30.3 Å². The molecule has 3 heterocycles. The van der Waals surface area contributed by atoms with E-state index in [-0.39, 0.29) is 5.91 Å². The van der Waals surface area contributed by atoms with Crippen molar-refractivity contribution in [3.8, 4) is 17.0 Å². The second-order valence-corrected chi connectivity index (χ2v) is 9.88. The first kappa shape index (κ1) is 25.8. The van der Waals surface area contributed by atoms with E-state index in [1.54, 1.807) is 13.1 Å². The molecule has 9 heteroatoms. The maximum absolute atomic E-state index is 11.5. The Balaban J connectivity index is 1.15. The predicted octanol–water partition coefficient (Wildman–Crippen LogP) is 4.33. The summed E-state index contributed by atoms with van der Waals surface area (Å²) >= 11 is 0. The Labute approximate surface area is 224 Å². The molecule has 0 spiro atoms. The molecule has 2 fully saturated rings. The molecule has 0 unspecified atom stereocenters. The number of nitrogens with one attached hydrogen (secondary N) is 1. The molecule has 38 heavy (non-hydrogen) atoms. The van der Waals surface area contributed by atoms with Gasteiger partial charge in [-0.05, 0) is 73.7 Å². The van der Waals surface area contributed by atoms with Crippen LogP contribution in [0.5, 0.6) is 5.75 Å². The highest BCUT2D eigenvalue weighted by molar-refractivity contribution is 5.73. The van der Waals surface area contributed by atoms with Crippen LogP contribution in [0, 0.1) is 5.92 Å². The maximum Gasteiger partial charge on any atom is 0.227 e. The Morgan fingerprint density at radius 3 is 2.55 bits per heavy atom. The number of rotatable bonds is 8. The largest absolute Gasteiger partial charge is 0.491 e. The number of hydrogen-bond acceptors (Lipinski definition) is 8. The smallest absolute Gasteiger partial charge is 0.227 e. The van der Waals surface area contributed by atoms with Crippen molar-refractivity contribution in [3.63, 3.8) is 0 Å². The highest BCUT2D eigenvalue weighted by Crippen LogP contribution is 2.29. The number of benzene rings is 2. The molecule has 1 aromatic heterocycles. The van der Waals surface area contributed by atoms with Crippen LogP contribution in [0.15, 0.2) is 54.7 Å². The molecule has 3 aromatic rings. The Kier molecular flexibility index (Phi) is 8.23. The summed E-state index contributed by atoms with van der Waals surface area (Å²) in [5.41, 5.74) is 10.7. The number of nitrogens with zero attached hydrogens (tertiary/aromatic N) is 4. The average Bonchev–Trinajstić information content (AvgIpc) is 2.95. The van der Waals surface area contributed by atoms with E-state index in [1.165, 1.54) is 5.69 Å². The number of carbonyl (C=O) groups is 1. The van der Waals surface area contributed by atoms with E-state index >= 15 is 0 Å². The topological polar surface area (TPSA) is 106 Å². The lowest BCUT2D eigenvalue weighted by Crippen LogP contribution is -2.37. The molecule has 0 radical (unpaired) electrons. The number of nitrogens with two attached hydrogens (primary N) is 1. The van der Waals surface area contributed by atoms with Crippen molar-refractivity contribution in [2.24, 2.45) is 5.92 Å². The monoisotopic (exact) mass is 516 g/mol. The van der Waals surface area contributed by atoms with E-state index in [1.807, 2.05) is 41.3 Å². The maximum atomic E-state index is 11.5. The van der Waals surface area contributed by atoms with Crippen LogP contribution >= 0.6 is 0 Å². The van der Waals surface area contributed by atoms with E-state index in [9.17, 15) is 4.79 Å². The van der Waals surface area contributed by atoms with Gasteiger partial charge in [0.2, 0.25) is 11.9 Å². The molecule has 2 saturated heterocycles. The minimum absolute atomic E-state index is 0.164.